The van der Waals surface area contributed by atoms with Crippen LogP contribution >= 0.6 is 0 Å². The van der Waals surface area contributed by atoms with Gasteiger partial charge in [-0.15, -0.1) is 0 Å². The van der Waals surface area contributed by atoms with Crippen molar-refractivity contribution in [1.29, 1.82) is 10.8 Å². The Morgan fingerprint density at radius 3 is 1.63 bits per heavy atom. The van der Waals surface area contributed by atoms with Crippen LogP contribution in [0.25, 0.3) is 31.5 Å². The van der Waals surface area contributed by atoms with E-state index in [4.69, 9.17) is 10.8 Å². The van der Waals surface area contributed by atoms with Gasteiger partial charge >= 0.3 is 11.4 Å². The number of hydrogen-bond acceptors (Lipinski definition) is 10. The van der Waals surface area contributed by atoms with Crippen LogP contribution in [-0.2, 0) is 29.3 Å². The highest BCUT2D eigenvalue weighted by atomic mass is 32.2. The molecule has 0 aliphatic heterocycles. The van der Waals surface area contributed by atoms with Crippen LogP contribution in [0, 0.1) is 46.3 Å². The summed E-state index contributed by atoms with van der Waals surface area (Å²) in [6, 6.07) is 13.0. The molecule has 0 aromatic heterocycles. The monoisotopic (exact) mass is 656 g/mol. The molecule has 14 heteroatoms. The molecule has 0 saturated heterocycles. The first-order valence-corrected chi connectivity index (χ1v) is 17.6. The molecule has 0 heterocycles. The zero-order chi connectivity index (χ0) is 32.7. The first-order valence-electron chi connectivity index (χ1n) is 14.6. The van der Waals surface area contributed by atoms with Crippen LogP contribution in [0.15, 0.2) is 70.5 Å². The lowest BCUT2D eigenvalue weighted by molar-refractivity contribution is -0.265. The molecule has 6 unspecified atom stereocenters. The van der Waals surface area contributed by atoms with Gasteiger partial charge < -0.3 is 10.2 Å². The molecule has 6 atom stereocenters. The number of carbonyl (C=O) groups excluding carboxylic acids is 2. The third kappa shape index (κ3) is 4.13. The highest BCUT2D eigenvalue weighted by molar-refractivity contribution is 8.06. The largest absolute Gasteiger partial charge is 0.867 e. The minimum absolute atomic E-state index is 0.00274. The smallest absolute Gasteiger partial charge is 0.378 e. The number of sulfone groups is 2. The maximum absolute atomic E-state index is 13.7. The van der Waals surface area contributed by atoms with E-state index in [1.807, 2.05) is 0 Å². The molecule has 46 heavy (non-hydrogen) atoms. The Hall–Kier alpha value is -4.92. The van der Waals surface area contributed by atoms with Gasteiger partial charge in [-0.2, -0.15) is 0 Å². The van der Waals surface area contributed by atoms with Gasteiger partial charge in [0.15, 0.2) is 9.95 Å². The Bertz CT molecular complexity index is 2340. The van der Waals surface area contributed by atoms with Gasteiger partial charge in [-0.3, -0.25) is 9.59 Å². The molecule has 4 aromatic rings. The van der Waals surface area contributed by atoms with Gasteiger partial charge in [-0.05, 0) is 95.9 Å². The number of nitrogens with zero attached hydrogens (tertiary/aromatic N) is 4. The average Bonchev–Trinajstić information content (AvgIpc) is 3.77. The van der Waals surface area contributed by atoms with Crippen LogP contribution in [0.1, 0.15) is 25.7 Å². The van der Waals surface area contributed by atoms with Gasteiger partial charge in [0.2, 0.25) is 30.5 Å². The molecule has 12 nitrogen and oxygen atoms in total. The summed E-state index contributed by atoms with van der Waals surface area (Å²) >= 11 is 0. The molecule has 0 radical (unpaired) electrons. The Labute approximate surface area is 262 Å². The van der Waals surface area contributed by atoms with Crippen molar-refractivity contribution in [2.24, 2.45) is 35.5 Å². The summed E-state index contributed by atoms with van der Waals surface area (Å²) in [5.41, 5.74) is -0.525. The van der Waals surface area contributed by atoms with Crippen molar-refractivity contribution in [2.75, 3.05) is 0 Å². The van der Waals surface area contributed by atoms with Crippen LogP contribution in [0.3, 0.4) is 0 Å². The van der Waals surface area contributed by atoms with Crippen molar-refractivity contribution in [3.8, 4) is 11.5 Å². The number of rotatable bonds is 4. The van der Waals surface area contributed by atoms with E-state index >= 15 is 0 Å². The molecule has 3 fully saturated rings. The molecule has 3 aliphatic rings. The first kappa shape index (κ1) is 29.8. The number of benzene rings is 4. The second-order valence-electron chi connectivity index (χ2n) is 12.4. The van der Waals surface area contributed by atoms with Gasteiger partial charge in [0, 0.05) is 34.7 Å². The number of fused-ring (bicyclic) bond motifs is 7. The van der Waals surface area contributed by atoms with Crippen molar-refractivity contribution in [3.63, 3.8) is 0 Å². The molecule has 0 amide bonds. The maximum atomic E-state index is 13.7. The molecule has 0 N–H and O–H groups in total. The Kier molecular flexibility index (Phi) is 6.67. The third-order valence-corrected chi connectivity index (χ3v) is 13.9. The summed E-state index contributed by atoms with van der Waals surface area (Å²) < 4.78 is 54.7. The molecule has 2 bridgehead atoms. The van der Waals surface area contributed by atoms with Crippen LogP contribution < -0.4 is 10.2 Å². The predicted molar refractivity (Wildman–Crippen MR) is 160 cm³/mol. The fourth-order valence-corrected chi connectivity index (χ4v) is 11.6. The number of diazo groups is 2. The van der Waals surface area contributed by atoms with E-state index in [-0.39, 0.29) is 72.8 Å². The Balaban J connectivity index is 1.15. The molecule has 232 valence electrons. The van der Waals surface area contributed by atoms with Gasteiger partial charge in [-0.25, -0.2) is 16.8 Å². The van der Waals surface area contributed by atoms with Crippen LogP contribution in [-0.4, -0.2) is 27.1 Å². The second-order valence-corrected chi connectivity index (χ2v) is 16.1. The number of carbonyl (C=O) groups is 2. The van der Waals surface area contributed by atoms with Gasteiger partial charge in [-0.1, -0.05) is 24.3 Å². The summed E-state index contributed by atoms with van der Waals surface area (Å²) in [6.07, 6.45) is 1.40. The Morgan fingerprint density at radius 1 is 0.609 bits per heavy atom. The van der Waals surface area contributed by atoms with Crippen molar-refractivity contribution in [1.82, 2.24) is 0 Å². The first-order chi connectivity index (χ1) is 21.9. The lowest BCUT2D eigenvalue weighted by atomic mass is 9.76. The summed E-state index contributed by atoms with van der Waals surface area (Å²) in [5, 5.41) is 41.5. The molecular formula is C32H24N4O8S2. The van der Waals surface area contributed by atoms with Crippen LogP contribution in [0.4, 0.5) is 11.4 Å². The summed E-state index contributed by atoms with van der Waals surface area (Å²) in [4.78, 5) is 32.6. The predicted octanol–water partition coefficient (Wildman–Crippen LogP) is 4.71. The Morgan fingerprint density at radius 2 is 1.11 bits per heavy atom. The molecular weight excluding hydrogens is 633 g/mol. The normalized spacial score (nSPS) is 25.3. The molecule has 4 aromatic carbocycles. The fourth-order valence-electron chi connectivity index (χ4n) is 8.38. The SMILES string of the molecule is N#[N+]c1ccc2c(S(=O)(=O)C(=O)C3CC4C5CC(C(=O)S(=O)(=O)c6cccc7c([O-])c([N+]#N)ccc67)C(C5)C4C3)cccc2c1[O-]. The topological polar surface area (TPSA) is 205 Å². The van der Waals surface area contributed by atoms with Gasteiger partial charge in [0.25, 0.3) is 10.2 Å². The van der Waals surface area contributed by atoms with Crippen molar-refractivity contribution < 1.29 is 36.6 Å². The minimum atomic E-state index is -4.54. The average molecular weight is 657 g/mol. The highest BCUT2D eigenvalue weighted by Gasteiger charge is 2.60. The van der Waals surface area contributed by atoms with Crippen LogP contribution in [0.2, 0.25) is 0 Å². The molecule has 3 saturated carbocycles. The van der Waals surface area contributed by atoms with Gasteiger partial charge in [0.05, 0.1) is 9.79 Å². The van der Waals surface area contributed by atoms with E-state index in [9.17, 15) is 36.6 Å². The van der Waals surface area contributed by atoms with E-state index in [0.717, 1.165) is 0 Å². The van der Waals surface area contributed by atoms with Crippen molar-refractivity contribution in [3.05, 3.63) is 70.6 Å². The molecule has 3 aliphatic carbocycles. The zero-order valence-corrected chi connectivity index (χ0v) is 25.6. The summed E-state index contributed by atoms with van der Waals surface area (Å²) in [6.45, 7) is 0. The van der Waals surface area contributed by atoms with E-state index in [0.29, 0.717) is 19.3 Å². The van der Waals surface area contributed by atoms with E-state index < -0.39 is 53.2 Å². The van der Waals surface area contributed by atoms with Crippen molar-refractivity contribution >= 4 is 62.8 Å². The molecule has 0 spiro atoms. The lowest BCUT2D eigenvalue weighted by Gasteiger charge is -2.30. The fraction of sp³-hybridized carbons (Fsp3) is 0.312. The second kappa shape index (κ2) is 10.3. The van der Waals surface area contributed by atoms with Gasteiger partial charge in [0.1, 0.15) is 0 Å². The minimum Gasteiger partial charge on any atom is -0.867 e. The van der Waals surface area contributed by atoms with Crippen LogP contribution in [0.5, 0.6) is 11.5 Å². The van der Waals surface area contributed by atoms with E-state index in [1.165, 1.54) is 60.7 Å². The standard InChI is InChI=1S/C32H24N4O8S2/c33-35-25-9-7-17-19(29(25)37)3-1-5-27(17)45(41,42)31(39)16-13-21-15-11-23(22(21)14-16)24(12-15)32(40)46(43,44)28-6-2-4-20-18(28)8-10-26(36-34)30(20)38/h1-10,15-16,21-24H,11-14H2. The summed E-state index contributed by atoms with van der Waals surface area (Å²) in [7, 11) is -9.07. The molecule has 7 rings (SSSR count). The lowest BCUT2D eigenvalue weighted by Crippen LogP contribution is -2.33. The quantitative estimate of drug-likeness (QED) is 0.277. The zero-order valence-electron chi connectivity index (χ0n) is 23.9. The van der Waals surface area contributed by atoms with E-state index in [1.54, 1.807) is 0 Å². The third-order valence-electron chi connectivity index (χ3n) is 10.3. The maximum Gasteiger partial charge on any atom is 0.378 e. The number of hydrogen-bond donors (Lipinski definition) is 0. The van der Waals surface area contributed by atoms with E-state index in [2.05, 4.69) is 9.95 Å². The highest BCUT2D eigenvalue weighted by Crippen LogP contribution is 2.63. The van der Waals surface area contributed by atoms with Crippen molar-refractivity contribution in [2.45, 2.75) is 35.5 Å². The summed E-state index contributed by atoms with van der Waals surface area (Å²) in [5.74, 6) is -3.68.